The Hall–Kier alpha value is -6.46. The average molecular weight is 966 g/mol. The summed E-state index contributed by atoms with van der Waals surface area (Å²) in [5, 5.41) is 36.3. The van der Waals surface area contributed by atoms with E-state index in [4.69, 9.17) is 50.0 Å². The summed E-state index contributed by atoms with van der Waals surface area (Å²) in [5.74, 6) is -0.162. The van der Waals surface area contributed by atoms with E-state index in [1.807, 2.05) is 24.3 Å². The number of alkyl halides is 1. The zero-order valence-electron chi connectivity index (χ0n) is 38.1. The number of carbonyl (C=O) groups excluding carboxylic acids is 2. The van der Waals surface area contributed by atoms with Crippen molar-refractivity contribution in [3.8, 4) is 28.7 Å². The van der Waals surface area contributed by atoms with Crippen molar-refractivity contribution >= 4 is 35.4 Å². The Balaban J connectivity index is 1.33. The number of rotatable bonds is 23. The molecule has 4 aliphatic rings. The Morgan fingerprint density at radius 3 is 2.45 bits per heavy atom. The smallest absolute Gasteiger partial charge is 0.410 e. The number of aliphatic hydroxyl groups is 2. The first-order chi connectivity index (χ1) is 33.7. The highest BCUT2D eigenvalue weighted by Crippen LogP contribution is 2.62. The maximum atomic E-state index is 14.7. The molecule has 0 aromatic heterocycles. The number of hydrogen-bond acceptors (Lipinski definition) is 14. The fourth-order valence-electron chi connectivity index (χ4n) is 10.1. The molecule has 4 aromatic rings. The number of allylic oxidation sites excluding steroid dienone is 1. The number of non-ortho nitro benzene ring substituents is 1. The number of benzene rings is 4. The van der Waals surface area contributed by atoms with Crippen LogP contribution < -0.4 is 18.9 Å². The molecule has 364 valence electrons. The molecular weight excluding hydrogens is 910 g/mol. The summed E-state index contributed by atoms with van der Waals surface area (Å²) < 4.78 is 38.1. The molecule has 2 heterocycles. The normalized spacial score (nSPS) is 22.3. The van der Waals surface area contributed by atoms with Crippen molar-refractivity contribution in [1.82, 2.24) is 4.90 Å². The number of oxime groups is 1. The van der Waals surface area contributed by atoms with Gasteiger partial charge in [0, 0.05) is 55.4 Å². The highest BCUT2D eigenvalue weighted by Gasteiger charge is 2.65. The number of unbranched alkanes of at least 4 members (excludes halogenated alkanes) is 2. The monoisotopic (exact) mass is 965 g/mol. The lowest BCUT2D eigenvalue weighted by molar-refractivity contribution is -0.384. The van der Waals surface area contributed by atoms with Crippen LogP contribution in [-0.4, -0.2) is 89.1 Å². The number of nitro benzene ring substituents is 1. The lowest BCUT2D eigenvalue weighted by Gasteiger charge is -2.59. The molecule has 0 spiro atoms. The van der Waals surface area contributed by atoms with Crippen LogP contribution in [0.4, 0.5) is 10.5 Å². The van der Waals surface area contributed by atoms with Gasteiger partial charge in [0.2, 0.25) is 12.6 Å². The molecule has 4 aromatic carbocycles. The van der Waals surface area contributed by atoms with Crippen molar-refractivity contribution in [2.75, 3.05) is 39.1 Å². The number of nitrogens with zero attached hydrogens (tertiary/aromatic N) is 3. The number of nitro groups is 1. The summed E-state index contributed by atoms with van der Waals surface area (Å²) in [7, 11) is 0. The van der Waals surface area contributed by atoms with E-state index < -0.39 is 28.8 Å². The van der Waals surface area contributed by atoms with E-state index in [0.29, 0.717) is 76.8 Å². The van der Waals surface area contributed by atoms with Gasteiger partial charge in [0.1, 0.15) is 42.8 Å². The number of aliphatic hydroxyl groups excluding tert-OH is 2. The van der Waals surface area contributed by atoms with Crippen LogP contribution in [0.25, 0.3) is 0 Å². The zero-order chi connectivity index (χ0) is 48.3. The summed E-state index contributed by atoms with van der Waals surface area (Å²) in [5.41, 5.74) is 3.91. The molecular formula is C52H56ClN3O13. The van der Waals surface area contributed by atoms with Gasteiger partial charge in [-0.3, -0.25) is 19.8 Å². The summed E-state index contributed by atoms with van der Waals surface area (Å²) in [6, 6.07) is 23.0. The molecule has 1 saturated carbocycles. The summed E-state index contributed by atoms with van der Waals surface area (Å²) >= 11 is 6.13. The van der Waals surface area contributed by atoms with Crippen LogP contribution in [-0.2, 0) is 27.5 Å². The molecule has 17 heteroatoms. The van der Waals surface area contributed by atoms with Gasteiger partial charge in [-0.05, 0) is 109 Å². The summed E-state index contributed by atoms with van der Waals surface area (Å²) in [6.07, 6.45) is 8.05. The van der Waals surface area contributed by atoms with Gasteiger partial charge < -0.3 is 43.5 Å². The van der Waals surface area contributed by atoms with E-state index in [9.17, 15) is 29.9 Å². The Kier molecular flexibility index (Phi) is 16.2. The van der Waals surface area contributed by atoms with Crippen LogP contribution >= 0.6 is 11.6 Å². The molecule has 8 rings (SSSR count). The average Bonchev–Trinajstić information content (AvgIpc) is 3.84. The molecule has 2 aliphatic carbocycles. The van der Waals surface area contributed by atoms with E-state index in [-0.39, 0.29) is 82.1 Å². The fraction of sp³-hybridized carbons (Fsp3) is 0.404. The second kappa shape index (κ2) is 22.8. The van der Waals surface area contributed by atoms with Gasteiger partial charge in [0.05, 0.1) is 29.0 Å². The lowest BCUT2D eigenvalue weighted by Crippen LogP contribution is -2.70. The second-order valence-corrected chi connectivity index (χ2v) is 17.8. The number of aldehydes is 1. The third-order valence-corrected chi connectivity index (χ3v) is 13.3. The molecule has 16 nitrogen and oxygen atoms in total. The Labute approximate surface area is 405 Å². The molecule has 6 unspecified atom stereocenters. The third kappa shape index (κ3) is 10.9. The molecule has 2 aliphatic heterocycles. The fourth-order valence-corrected chi connectivity index (χ4v) is 10.2. The molecule has 6 atom stereocenters. The topological polar surface area (TPSA) is 198 Å². The molecule has 0 saturated heterocycles. The number of hydrogen-bond donors (Lipinski definition) is 2. The first-order valence-corrected chi connectivity index (χ1v) is 23.8. The van der Waals surface area contributed by atoms with Gasteiger partial charge in [-0.15, -0.1) is 18.2 Å². The SMILES string of the molecule is C=CCOC12Oc3ccc(Oc4cccc(C=O)c4)cc3C3C(CCCCO)C(CCCCO)C=C(C(=NOCc4ccc([N+](=O)[O-])cc4)CC1N(Cc1ccc4c(c1)OCO4)C(=O)OCCCl)C32. The number of ether oxygens (including phenoxy) is 6. The van der Waals surface area contributed by atoms with Crippen molar-refractivity contribution < 1.29 is 58.0 Å². The highest BCUT2D eigenvalue weighted by molar-refractivity contribution is 6.18. The Morgan fingerprint density at radius 2 is 1.70 bits per heavy atom. The van der Waals surface area contributed by atoms with Gasteiger partial charge in [0.15, 0.2) is 11.5 Å². The van der Waals surface area contributed by atoms with Crippen molar-refractivity contribution in [2.24, 2.45) is 22.9 Å². The summed E-state index contributed by atoms with van der Waals surface area (Å²) in [6.45, 7) is 4.09. The molecule has 1 amide bonds. The number of amides is 1. The first-order valence-electron chi connectivity index (χ1n) is 23.2. The standard InChI is InChI=1S/C52H56ClN3O13/c1-2-23-66-52-48(55(51(60)63-24-20-53)30-35-14-18-46-47(26-35)65-33-64-46)29-44(54-67-32-34-12-15-38(16-13-34)56(61)62)42-27-37(9-3-5-21-57)41(11-4-6-22-58)49(50(42)52)43-28-40(17-19-45(43)69-52)68-39-10-7-8-36(25-39)31-59/h2,7-8,10,12-19,25-28,31,37,41,48-50,57-58H,1,3-6,9,11,20-24,29-30,32-33H2. The molecule has 69 heavy (non-hydrogen) atoms. The largest absolute Gasteiger partial charge is 0.459 e. The van der Waals surface area contributed by atoms with Gasteiger partial charge in [-0.25, -0.2) is 4.79 Å². The van der Waals surface area contributed by atoms with Crippen LogP contribution in [0.1, 0.15) is 77.9 Å². The minimum Gasteiger partial charge on any atom is -0.459 e. The molecule has 1 fully saturated rings. The first kappa shape index (κ1) is 49.0. The van der Waals surface area contributed by atoms with Crippen LogP contribution in [0.3, 0.4) is 0 Å². The predicted molar refractivity (Wildman–Crippen MR) is 255 cm³/mol. The minimum atomic E-state index is -1.61. The van der Waals surface area contributed by atoms with E-state index >= 15 is 0 Å². The number of halogens is 1. The van der Waals surface area contributed by atoms with Gasteiger partial charge in [-0.1, -0.05) is 48.3 Å². The van der Waals surface area contributed by atoms with Gasteiger partial charge >= 0.3 is 6.09 Å². The quantitative estimate of drug-likeness (QED) is 0.0178. The molecule has 0 radical (unpaired) electrons. The maximum Gasteiger partial charge on any atom is 0.410 e. The Bertz CT molecular complexity index is 2540. The van der Waals surface area contributed by atoms with Crippen LogP contribution in [0, 0.1) is 27.9 Å². The van der Waals surface area contributed by atoms with E-state index in [1.165, 1.54) is 12.1 Å². The highest BCUT2D eigenvalue weighted by atomic mass is 35.5. The van der Waals surface area contributed by atoms with Gasteiger partial charge in [-0.2, -0.15) is 0 Å². The van der Waals surface area contributed by atoms with Crippen molar-refractivity contribution in [3.05, 3.63) is 142 Å². The van der Waals surface area contributed by atoms with E-state index in [2.05, 4.69) is 12.7 Å². The lowest BCUT2D eigenvalue weighted by atomic mass is 9.55. The number of fused-ring (bicyclic) bond motifs is 3. The number of carbonyl (C=O) groups is 2. The summed E-state index contributed by atoms with van der Waals surface area (Å²) in [4.78, 5) is 45.2. The van der Waals surface area contributed by atoms with Crippen molar-refractivity contribution in [1.29, 1.82) is 0 Å². The third-order valence-electron chi connectivity index (χ3n) is 13.1. The van der Waals surface area contributed by atoms with E-state index in [0.717, 1.165) is 30.3 Å². The van der Waals surface area contributed by atoms with Crippen LogP contribution in [0.5, 0.6) is 28.7 Å². The van der Waals surface area contributed by atoms with Crippen LogP contribution in [0.15, 0.2) is 114 Å². The maximum absolute atomic E-state index is 14.7. The minimum absolute atomic E-state index is 0.0145. The molecule has 2 N–H and O–H groups in total. The van der Waals surface area contributed by atoms with Crippen molar-refractivity contribution in [3.63, 3.8) is 0 Å². The predicted octanol–water partition coefficient (Wildman–Crippen LogP) is 9.64. The van der Waals surface area contributed by atoms with Gasteiger partial charge in [0.25, 0.3) is 5.69 Å². The van der Waals surface area contributed by atoms with E-state index in [1.54, 1.807) is 59.5 Å². The molecule has 0 bridgehead atoms. The van der Waals surface area contributed by atoms with Crippen LogP contribution in [0.2, 0.25) is 0 Å². The Morgan fingerprint density at radius 1 is 0.942 bits per heavy atom. The zero-order valence-corrected chi connectivity index (χ0v) is 38.9. The van der Waals surface area contributed by atoms with Crippen molar-refractivity contribution in [2.45, 2.75) is 75.8 Å². The second-order valence-electron chi connectivity index (χ2n) is 17.4.